The van der Waals surface area contributed by atoms with Gasteiger partial charge in [-0.3, -0.25) is 0 Å². The largest absolute Gasteiger partial charge is 0.412 e. The van der Waals surface area contributed by atoms with E-state index in [1.807, 2.05) is 18.2 Å². The second-order valence-corrected chi connectivity index (χ2v) is 4.30. The fourth-order valence-corrected chi connectivity index (χ4v) is 2.28. The van der Waals surface area contributed by atoms with E-state index in [2.05, 4.69) is 4.98 Å². The van der Waals surface area contributed by atoms with Gasteiger partial charge >= 0.3 is 0 Å². The maximum Gasteiger partial charge on any atom is 0.106 e. The first-order valence-electron chi connectivity index (χ1n) is 3.34. The molecular weight excluding hydrogens is 228 g/mol. The highest BCUT2D eigenvalue weighted by molar-refractivity contribution is 8.76. The van der Waals surface area contributed by atoms with Crippen LogP contribution in [0.1, 0.15) is 0 Å². The van der Waals surface area contributed by atoms with E-state index in [1.165, 1.54) is 0 Å². The van der Waals surface area contributed by atoms with Gasteiger partial charge in [0, 0.05) is 18.5 Å². The van der Waals surface area contributed by atoms with Gasteiger partial charge in [-0.05, 0) is 22.9 Å². The lowest BCUT2D eigenvalue weighted by molar-refractivity contribution is 0.824. The van der Waals surface area contributed by atoms with Crippen molar-refractivity contribution in [2.24, 2.45) is 5.73 Å². The molecular formula is C7H13ClN2OS2. The fourth-order valence-electron chi connectivity index (χ4n) is 0.547. The van der Waals surface area contributed by atoms with Gasteiger partial charge in [0.15, 0.2) is 0 Å². The lowest BCUT2D eigenvalue weighted by Crippen LogP contribution is -1.99. The first-order chi connectivity index (χ1) is 5.43. The standard InChI is InChI=1S/C7H10N2S2.ClH.H2O/c8-4-6-10-11-7-3-1-2-5-9-7;;/h1-3,5H,4,6,8H2;1H;1H2. The van der Waals surface area contributed by atoms with Crippen LogP contribution in [0.4, 0.5) is 0 Å². The number of nitrogens with two attached hydrogens (primary N) is 1. The summed E-state index contributed by atoms with van der Waals surface area (Å²) in [7, 11) is 3.41. The summed E-state index contributed by atoms with van der Waals surface area (Å²) in [6.07, 6.45) is 1.80. The summed E-state index contributed by atoms with van der Waals surface area (Å²) >= 11 is 0. The number of halogens is 1. The molecule has 0 radical (unpaired) electrons. The van der Waals surface area contributed by atoms with Gasteiger partial charge in [0.25, 0.3) is 0 Å². The number of aromatic nitrogens is 1. The van der Waals surface area contributed by atoms with Gasteiger partial charge in [-0.15, -0.1) is 12.4 Å². The first-order valence-corrected chi connectivity index (χ1v) is 5.66. The van der Waals surface area contributed by atoms with Crippen LogP contribution in [0.2, 0.25) is 0 Å². The molecule has 0 unspecified atom stereocenters. The lowest BCUT2D eigenvalue weighted by atomic mass is 10.5. The van der Waals surface area contributed by atoms with Gasteiger partial charge in [-0.25, -0.2) is 4.98 Å². The third-order valence-electron chi connectivity index (χ3n) is 0.983. The van der Waals surface area contributed by atoms with E-state index in [-0.39, 0.29) is 17.9 Å². The van der Waals surface area contributed by atoms with Crippen molar-refractivity contribution in [1.82, 2.24) is 4.98 Å². The molecule has 1 rings (SSSR count). The molecule has 6 heteroatoms. The van der Waals surface area contributed by atoms with Crippen LogP contribution in [0.25, 0.3) is 0 Å². The molecule has 76 valence electrons. The van der Waals surface area contributed by atoms with Gasteiger partial charge in [-0.2, -0.15) is 0 Å². The van der Waals surface area contributed by atoms with Crippen LogP contribution in [0.5, 0.6) is 0 Å². The van der Waals surface area contributed by atoms with Crippen LogP contribution in [0, 0.1) is 0 Å². The van der Waals surface area contributed by atoms with E-state index < -0.39 is 0 Å². The molecule has 0 aliphatic rings. The molecule has 0 atom stereocenters. The summed E-state index contributed by atoms with van der Waals surface area (Å²) in [4.78, 5) is 4.15. The summed E-state index contributed by atoms with van der Waals surface area (Å²) in [5.41, 5.74) is 5.34. The molecule has 0 fully saturated rings. The highest BCUT2D eigenvalue weighted by atomic mass is 35.5. The van der Waals surface area contributed by atoms with E-state index in [0.29, 0.717) is 0 Å². The zero-order chi connectivity index (χ0) is 7.94. The third-order valence-corrected chi connectivity index (χ3v) is 3.28. The van der Waals surface area contributed by atoms with Crippen molar-refractivity contribution in [3.63, 3.8) is 0 Å². The molecule has 4 N–H and O–H groups in total. The average Bonchev–Trinajstić information content (AvgIpc) is 2.07. The van der Waals surface area contributed by atoms with Crippen LogP contribution in [0.3, 0.4) is 0 Å². The highest BCUT2D eigenvalue weighted by Gasteiger charge is 1.92. The molecule has 0 amide bonds. The van der Waals surface area contributed by atoms with Crippen molar-refractivity contribution in [1.29, 1.82) is 0 Å². The SMILES string of the molecule is Cl.NCCSSc1ccccn1.O. The van der Waals surface area contributed by atoms with Gasteiger partial charge in [0.05, 0.1) is 0 Å². The van der Waals surface area contributed by atoms with Crippen molar-refractivity contribution < 1.29 is 5.48 Å². The summed E-state index contributed by atoms with van der Waals surface area (Å²) in [6.45, 7) is 0.727. The molecule has 0 spiro atoms. The minimum atomic E-state index is 0. The Labute approximate surface area is 92.0 Å². The van der Waals surface area contributed by atoms with Crippen LogP contribution in [0.15, 0.2) is 29.4 Å². The van der Waals surface area contributed by atoms with Crippen LogP contribution < -0.4 is 5.73 Å². The first kappa shape index (κ1) is 15.5. The Kier molecular flexibility index (Phi) is 12.1. The molecule has 0 aliphatic heterocycles. The summed E-state index contributed by atoms with van der Waals surface area (Å²) in [5.74, 6) is 0.973. The Balaban J connectivity index is 0. The number of pyridine rings is 1. The summed E-state index contributed by atoms with van der Waals surface area (Å²) < 4.78 is 0. The Bertz CT molecular complexity index is 201. The average molecular weight is 241 g/mol. The molecule has 1 aromatic rings. The van der Waals surface area contributed by atoms with E-state index in [0.717, 1.165) is 17.3 Å². The van der Waals surface area contributed by atoms with E-state index in [4.69, 9.17) is 5.73 Å². The zero-order valence-corrected chi connectivity index (χ0v) is 9.42. The highest BCUT2D eigenvalue weighted by Crippen LogP contribution is 2.27. The van der Waals surface area contributed by atoms with Gasteiger partial charge < -0.3 is 11.2 Å². The molecule has 3 nitrogen and oxygen atoms in total. The van der Waals surface area contributed by atoms with Crippen molar-refractivity contribution in [3.05, 3.63) is 24.4 Å². The molecule has 0 saturated heterocycles. The van der Waals surface area contributed by atoms with Crippen LogP contribution in [-0.4, -0.2) is 22.8 Å². The summed E-state index contributed by atoms with van der Waals surface area (Å²) in [5, 5.41) is 1.05. The second-order valence-electron chi connectivity index (χ2n) is 1.86. The number of nitrogens with zero attached hydrogens (tertiary/aromatic N) is 1. The maximum absolute atomic E-state index is 5.34. The zero-order valence-electron chi connectivity index (χ0n) is 6.97. The van der Waals surface area contributed by atoms with Crippen molar-refractivity contribution in [2.45, 2.75) is 5.03 Å². The predicted molar refractivity (Wildman–Crippen MR) is 62.5 cm³/mol. The quantitative estimate of drug-likeness (QED) is 0.638. The Morgan fingerprint density at radius 3 is 2.69 bits per heavy atom. The van der Waals surface area contributed by atoms with Crippen LogP contribution >= 0.6 is 34.0 Å². The fraction of sp³-hybridized carbons (Fsp3) is 0.286. The molecule has 0 saturated carbocycles. The molecule has 0 aliphatic carbocycles. The van der Waals surface area contributed by atoms with Gasteiger partial charge in [0.2, 0.25) is 0 Å². The van der Waals surface area contributed by atoms with E-state index >= 15 is 0 Å². The predicted octanol–water partition coefficient (Wildman–Crippen LogP) is 1.38. The van der Waals surface area contributed by atoms with Crippen molar-refractivity contribution in [3.8, 4) is 0 Å². The number of rotatable bonds is 4. The number of hydrogen-bond donors (Lipinski definition) is 1. The normalized spacial score (nSPS) is 8.38. The van der Waals surface area contributed by atoms with Crippen LogP contribution in [-0.2, 0) is 0 Å². The minimum Gasteiger partial charge on any atom is -0.412 e. The topological polar surface area (TPSA) is 70.4 Å². The Morgan fingerprint density at radius 2 is 2.15 bits per heavy atom. The van der Waals surface area contributed by atoms with Crippen molar-refractivity contribution >= 4 is 34.0 Å². The minimum absolute atomic E-state index is 0. The smallest absolute Gasteiger partial charge is 0.106 e. The van der Waals surface area contributed by atoms with Gasteiger partial charge in [-0.1, -0.05) is 16.9 Å². The van der Waals surface area contributed by atoms with Crippen molar-refractivity contribution in [2.75, 3.05) is 12.3 Å². The molecule has 1 aromatic heterocycles. The van der Waals surface area contributed by atoms with Gasteiger partial charge in [0.1, 0.15) is 5.03 Å². The molecule has 0 bridgehead atoms. The summed E-state index contributed by atoms with van der Waals surface area (Å²) in [6, 6.07) is 5.89. The van der Waals surface area contributed by atoms with E-state index in [1.54, 1.807) is 27.8 Å². The molecule has 13 heavy (non-hydrogen) atoms. The second kappa shape index (κ2) is 10.1. The monoisotopic (exact) mass is 240 g/mol. The molecule has 0 aromatic carbocycles. The maximum atomic E-state index is 5.34. The number of hydrogen-bond acceptors (Lipinski definition) is 4. The molecule has 1 heterocycles. The third kappa shape index (κ3) is 7.16. The Hall–Kier alpha value is 0.0600. The lowest BCUT2D eigenvalue weighted by Gasteiger charge is -1.96. The Morgan fingerprint density at radius 1 is 1.38 bits per heavy atom. The van der Waals surface area contributed by atoms with E-state index in [9.17, 15) is 0 Å².